The molecule has 2 aliphatic heterocycles. The number of anilines is 1. The van der Waals surface area contributed by atoms with Crippen LogP contribution < -0.4 is 16.0 Å². The number of hydrogen-bond donors (Lipinski definition) is 2. The first kappa shape index (κ1) is 12.2. The van der Waals surface area contributed by atoms with E-state index >= 15 is 0 Å². The Balaban J connectivity index is 1.79. The first-order valence-electron chi connectivity index (χ1n) is 6.47. The second kappa shape index (κ2) is 4.70. The topological polar surface area (TPSA) is 61.6 Å². The highest BCUT2D eigenvalue weighted by atomic mass is 19.1. The molecule has 3 rings (SSSR count). The van der Waals surface area contributed by atoms with Gasteiger partial charge in [-0.1, -0.05) is 6.07 Å². The van der Waals surface area contributed by atoms with E-state index in [2.05, 4.69) is 5.32 Å². The van der Waals surface area contributed by atoms with Crippen LogP contribution in [0.4, 0.5) is 14.9 Å². The van der Waals surface area contributed by atoms with Crippen LogP contribution in [0.2, 0.25) is 0 Å². The number of fused-ring (bicyclic) bond motifs is 1. The molecule has 5 nitrogen and oxygen atoms in total. The smallest absolute Gasteiger partial charge is 0.317 e. The monoisotopic (exact) mass is 264 g/mol. The van der Waals surface area contributed by atoms with Gasteiger partial charge in [0, 0.05) is 32.7 Å². The summed E-state index contributed by atoms with van der Waals surface area (Å²) in [6, 6.07) is 5.23. The maximum atomic E-state index is 14.0. The summed E-state index contributed by atoms with van der Waals surface area (Å²) in [7, 11) is 0. The maximum Gasteiger partial charge on any atom is 0.317 e. The molecule has 2 heterocycles. The summed E-state index contributed by atoms with van der Waals surface area (Å²) in [6.45, 7) is 2.93. The summed E-state index contributed by atoms with van der Waals surface area (Å²) < 4.78 is 14.0. The van der Waals surface area contributed by atoms with Gasteiger partial charge in [-0.25, -0.2) is 9.18 Å². The Morgan fingerprint density at radius 2 is 2.26 bits per heavy atom. The van der Waals surface area contributed by atoms with Crippen molar-refractivity contribution in [2.45, 2.75) is 12.6 Å². The van der Waals surface area contributed by atoms with E-state index in [1.54, 1.807) is 6.07 Å². The first-order chi connectivity index (χ1) is 9.19. The van der Waals surface area contributed by atoms with Crippen molar-refractivity contribution in [1.29, 1.82) is 0 Å². The molecule has 102 valence electrons. The number of nitrogens with two attached hydrogens (primary N) is 1. The van der Waals surface area contributed by atoms with Crippen LogP contribution in [0, 0.1) is 5.82 Å². The molecule has 0 radical (unpaired) electrons. The van der Waals surface area contributed by atoms with Gasteiger partial charge in [0.25, 0.3) is 0 Å². The van der Waals surface area contributed by atoms with Crippen LogP contribution in [0.3, 0.4) is 0 Å². The van der Waals surface area contributed by atoms with Gasteiger partial charge in [0.1, 0.15) is 5.82 Å². The van der Waals surface area contributed by atoms with Gasteiger partial charge in [-0.3, -0.25) is 0 Å². The van der Waals surface area contributed by atoms with Crippen molar-refractivity contribution in [2.24, 2.45) is 5.73 Å². The van der Waals surface area contributed by atoms with Crippen molar-refractivity contribution < 1.29 is 9.18 Å². The largest absolute Gasteiger partial charge is 0.365 e. The van der Waals surface area contributed by atoms with Gasteiger partial charge in [-0.15, -0.1) is 0 Å². The molecule has 6 heteroatoms. The number of amides is 2. The normalized spacial score (nSPS) is 22.4. The summed E-state index contributed by atoms with van der Waals surface area (Å²) in [5, 5.41) is 2.82. The van der Waals surface area contributed by atoms with Crippen LogP contribution in [0.5, 0.6) is 0 Å². The van der Waals surface area contributed by atoms with Crippen molar-refractivity contribution in [3.63, 3.8) is 0 Å². The van der Waals surface area contributed by atoms with E-state index in [0.717, 1.165) is 5.56 Å². The van der Waals surface area contributed by atoms with Gasteiger partial charge < -0.3 is 20.9 Å². The zero-order valence-electron chi connectivity index (χ0n) is 10.6. The fourth-order valence-electron chi connectivity index (χ4n) is 2.76. The second-order valence-electron chi connectivity index (χ2n) is 4.97. The Hall–Kier alpha value is -1.82. The SMILES string of the molecule is NCc1ccc(N2CCN3C(=O)NCC3C2)c(F)c1. The molecule has 19 heavy (non-hydrogen) atoms. The molecule has 2 fully saturated rings. The Labute approximate surface area is 111 Å². The summed E-state index contributed by atoms with van der Waals surface area (Å²) in [4.78, 5) is 15.3. The third-order valence-electron chi connectivity index (χ3n) is 3.82. The highest BCUT2D eigenvalue weighted by Crippen LogP contribution is 2.24. The standard InChI is InChI=1S/C13H17FN4O/c14-11-5-9(6-15)1-2-12(11)17-3-4-18-10(8-17)7-16-13(18)19/h1-2,5,10H,3-4,6-8,15H2,(H,16,19). The Morgan fingerprint density at radius 3 is 3.00 bits per heavy atom. The average molecular weight is 264 g/mol. The quantitative estimate of drug-likeness (QED) is 0.817. The van der Waals surface area contributed by atoms with Crippen molar-refractivity contribution in [2.75, 3.05) is 31.1 Å². The number of benzene rings is 1. The molecule has 1 unspecified atom stereocenters. The number of carbonyl (C=O) groups is 1. The predicted molar refractivity (Wildman–Crippen MR) is 70.4 cm³/mol. The van der Waals surface area contributed by atoms with E-state index in [0.29, 0.717) is 38.4 Å². The van der Waals surface area contributed by atoms with Gasteiger partial charge in [0.15, 0.2) is 0 Å². The number of urea groups is 1. The number of nitrogens with zero attached hydrogens (tertiary/aromatic N) is 2. The number of nitrogens with one attached hydrogen (secondary N) is 1. The number of halogens is 1. The third kappa shape index (κ3) is 2.12. The number of rotatable bonds is 2. The van der Waals surface area contributed by atoms with Crippen LogP contribution in [0.15, 0.2) is 18.2 Å². The summed E-state index contributed by atoms with van der Waals surface area (Å²) in [6.07, 6.45) is 0. The molecule has 1 aromatic rings. The average Bonchev–Trinajstić information content (AvgIpc) is 2.79. The van der Waals surface area contributed by atoms with Crippen LogP contribution in [-0.2, 0) is 6.54 Å². The fraction of sp³-hybridized carbons (Fsp3) is 0.462. The van der Waals surface area contributed by atoms with Crippen molar-refractivity contribution in [1.82, 2.24) is 10.2 Å². The van der Waals surface area contributed by atoms with Crippen molar-refractivity contribution in [3.8, 4) is 0 Å². The number of piperazine rings is 1. The minimum atomic E-state index is -0.242. The van der Waals surface area contributed by atoms with Gasteiger partial charge in [0.2, 0.25) is 0 Å². The lowest BCUT2D eigenvalue weighted by molar-refractivity contribution is 0.197. The summed E-state index contributed by atoms with van der Waals surface area (Å²) in [5.74, 6) is -0.242. The van der Waals surface area contributed by atoms with E-state index in [9.17, 15) is 9.18 Å². The van der Waals surface area contributed by atoms with E-state index in [4.69, 9.17) is 5.73 Å². The molecule has 0 aliphatic carbocycles. The fourth-order valence-corrected chi connectivity index (χ4v) is 2.76. The third-order valence-corrected chi connectivity index (χ3v) is 3.82. The molecule has 1 atom stereocenters. The van der Waals surface area contributed by atoms with Gasteiger partial charge in [-0.2, -0.15) is 0 Å². The first-order valence-corrected chi connectivity index (χ1v) is 6.47. The van der Waals surface area contributed by atoms with Crippen LogP contribution in [0.1, 0.15) is 5.56 Å². The summed E-state index contributed by atoms with van der Waals surface area (Å²) >= 11 is 0. The Bertz CT molecular complexity index is 507. The predicted octanol–water partition coefficient (Wildman–Crippen LogP) is 0.498. The lowest BCUT2D eigenvalue weighted by atomic mass is 10.1. The van der Waals surface area contributed by atoms with Crippen LogP contribution in [0.25, 0.3) is 0 Å². The van der Waals surface area contributed by atoms with Crippen LogP contribution in [-0.4, -0.2) is 43.2 Å². The van der Waals surface area contributed by atoms with E-state index in [1.807, 2.05) is 15.9 Å². The molecule has 0 saturated carbocycles. The molecular weight excluding hydrogens is 247 g/mol. The summed E-state index contributed by atoms with van der Waals surface area (Å²) in [5.41, 5.74) is 6.88. The maximum absolute atomic E-state index is 14.0. The van der Waals surface area contributed by atoms with Crippen molar-refractivity contribution >= 4 is 11.7 Å². The zero-order valence-corrected chi connectivity index (χ0v) is 10.6. The molecular formula is C13H17FN4O. The van der Waals surface area contributed by atoms with Crippen LogP contribution >= 0.6 is 0 Å². The molecule has 2 saturated heterocycles. The number of carbonyl (C=O) groups excluding carboxylic acids is 1. The van der Waals surface area contributed by atoms with Gasteiger partial charge in [-0.05, 0) is 17.7 Å². The molecule has 1 aromatic carbocycles. The molecule has 0 aromatic heterocycles. The minimum Gasteiger partial charge on any atom is -0.365 e. The molecule has 0 spiro atoms. The molecule has 0 bridgehead atoms. The molecule has 2 amide bonds. The second-order valence-corrected chi connectivity index (χ2v) is 4.97. The Kier molecular flexibility index (Phi) is 3.02. The van der Waals surface area contributed by atoms with Crippen molar-refractivity contribution in [3.05, 3.63) is 29.6 Å². The Morgan fingerprint density at radius 1 is 1.42 bits per heavy atom. The van der Waals surface area contributed by atoms with E-state index in [-0.39, 0.29) is 17.9 Å². The van der Waals surface area contributed by atoms with Gasteiger partial charge in [0.05, 0.1) is 11.7 Å². The van der Waals surface area contributed by atoms with Gasteiger partial charge >= 0.3 is 6.03 Å². The zero-order chi connectivity index (χ0) is 13.4. The number of hydrogen-bond acceptors (Lipinski definition) is 3. The highest BCUT2D eigenvalue weighted by Gasteiger charge is 2.35. The lowest BCUT2D eigenvalue weighted by Crippen LogP contribution is -2.52. The highest BCUT2D eigenvalue weighted by molar-refractivity contribution is 5.77. The minimum absolute atomic E-state index is 0.0106. The van der Waals surface area contributed by atoms with E-state index in [1.165, 1.54) is 6.07 Å². The van der Waals surface area contributed by atoms with E-state index < -0.39 is 0 Å². The molecule has 3 N–H and O–H groups in total. The molecule has 2 aliphatic rings. The lowest BCUT2D eigenvalue weighted by Gasteiger charge is -2.37.